The van der Waals surface area contributed by atoms with Crippen LogP contribution in [-0.2, 0) is 0 Å². The van der Waals surface area contributed by atoms with Gasteiger partial charge in [0, 0.05) is 25.3 Å². The van der Waals surface area contributed by atoms with E-state index in [0.29, 0.717) is 54.1 Å². The fourth-order valence-corrected chi connectivity index (χ4v) is 5.10. The van der Waals surface area contributed by atoms with Gasteiger partial charge < -0.3 is 25.3 Å². The molecule has 0 bridgehead atoms. The summed E-state index contributed by atoms with van der Waals surface area (Å²) < 4.78 is 13.2. The summed E-state index contributed by atoms with van der Waals surface area (Å²) in [5, 5.41) is 25.5. The molecule has 0 aliphatic carbocycles. The van der Waals surface area contributed by atoms with E-state index < -0.39 is 11.7 Å². The van der Waals surface area contributed by atoms with Gasteiger partial charge in [-0.3, -0.25) is 0 Å². The Morgan fingerprint density at radius 3 is 2.32 bits per heavy atom. The SMILES string of the molecule is O=C(Nc1ccc(Cl)c(Cl)c1)N1CCC(O)(C(O)CN2CCC(c3ccc(F)cc3)CC2)CC1. The molecular weight excluding hydrogens is 480 g/mol. The molecule has 2 aliphatic heterocycles. The number of carbonyl (C=O) groups is 1. The van der Waals surface area contributed by atoms with Crippen molar-refractivity contribution in [3.63, 3.8) is 0 Å². The highest BCUT2D eigenvalue weighted by Crippen LogP contribution is 2.31. The molecule has 9 heteroatoms. The minimum atomic E-state index is -1.23. The summed E-state index contributed by atoms with van der Waals surface area (Å²) in [5.41, 5.74) is 0.463. The predicted octanol–water partition coefficient (Wildman–Crippen LogP) is 4.73. The van der Waals surface area contributed by atoms with E-state index >= 15 is 0 Å². The fourth-order valence-electron chi connectivity index (χ4n) is 4.80. The van der Waals surface area contributed by atoms with Gasteiger partial charge in [0.15, 0.2) is 0 Å². The monoisotopic (exact) mass is 509 g/mol. The molecule has 2 aliphatic rings. The van der Waals surface area contributed by atoms with Crippen LogP contribution in [0.15, 0.2) is 42.5 Å². The van der Waals surface area contributed by atoms with Gasteiger partial charge >= 0.3 is 6.03 Å². The minimum absolute atomic E-state index is 0.226. The van der Waals surface area contributed by atoms with Crippen LogP contribution in [0, 0.1) is 5.82 Å². The van der Waals surface area contributed by atoms with Gasteiger partial charge in [0.2, 0.25) is 0 Å². The number of β-amino-alcohol motifs (C(OH)–C–C–N with tert-alkyl or cyclic N) is 1. The first-order valence-corrected chi connectivity index (χ1v) is 12.4. The number of rotatable bonds is 5. The van der Waals surface area contributed by atoms with Crippen LogP contribution in [0.2, 0.25) is 10.0 Å². The Kier molecular flexibility index (Phi) is 8.00. The molecule has 3 N–H and O–H groups in total. The third-order valence-corrected chi connectivity index (χ3v) is 7.81. The van der Waals surface area contributed by atoms with Gasteiger partial charge in [-0.25, -0.2) is 9.18 Å². The number of nitrogens with one attached hydrogen (secondary N) is 1. The van der Waals surface area contributed by atoms with Crippen LogP contribution in [0.25, 0.3) is 0 Å². The summed E-state index contributed by atoms with van der Waals surface area (Å²) in [6.07, 6.45) is 1.57. The number of anilines is 1. The minimum Gasteiger partial charge on any atom is -0.389 e. The molecule has 1 atom stereocenters. The number of urea groups is 1. The molecule has 0 aromatic heterocycles. The van der Waals surface area contributed by atoms with Gasteiger partial charge in [0.05, 0.1) is 21.8 Å². The molecule has 2 aromatic carbocycles. The van der Waals surface area contributed by atoms with E-state index in [9.17, 15) is 19.4 Å². The summed E-state index contributed by atoms with van der Waals surface area (Å²) in [7, 11) is 0. The summed E-state index contributed by atoms with van der Waals surface area (Å²) in [4.78, 5) is 16.4. The zero-order chi connectivity index (χ0) is 24.3. The Labute approximate surface area is 209 Å². The standard InChI is InChI=1S/C25H30Cl2FN3O3/c26-21-6-5-20(15-22(21)27)29-24(33)31-13-9-25(34,10-14-31)23(32)16-30-11-7-18(8-12-30)17-1-3-19(28)4-2-17/h1-6,15,18,23,32,34H,7-14,16H2,(H,29,33). The molecule has 0 radical (unpaired) electrons. The summed E-state index contributed by atoms with van der Waals surface area (Å²) in [6, 6.07) is 11.3. The summed E-state index contributed by atoms with van der Waals surface area (Å²) in [6.45, 7) is 2.70. The van der Waals surface area contributed by atoms with Crippen LogP contribution in [0.1, 0.15) is 37.2 Å². The van der Waals surface area contributed by atoms with Crippen LogP contribution < -0.4 is 5.32 Å². The number of carbonyl (C=O) groups excluding carboxylic acids is 1. The van der Waals surface area contributed by atoms with E-state index in [1.807, 2.05) is 12.1 Å². The molecule has 2 saturated heterocycles. The molecule has 4 rings (SSSR count). The van der Waals surface area contributed by atoms with Crippen LogP contribution in [0.4, 0.5) is 14.9 Å². The second-order valence-electron chi connectivity index (χ2n) is 9.29. The third-order valence-electron chi connectivity index (χ3n) is 7.07. The van der Waals surface area contributed by atoms with Crippen molar-refractivity contribution in [3.8, 4) is 0 Å². The number of hydrogen-bond donors (Lipinski definition) is 3. The van der Waals surface area contributed by atoms with Gasteiger partial charge in [0.1, 0.15) is 5.82 Å². The maximum Gasteiger partial charge on any atom is 0.321 e. The van der Waals surface area contributed by atoms with Crippen molar-refractivity contribution in [2.24, 2.45) is 0 Å². The second kappa shape index (κ2) is 10.8. The number of benzene rings is 2. The second-order valence-corrected chi connectivity index (χ2v) is 10.1. The third kappa shape index (κ3) is 6.01. The molecule has 184 valence electrons. The van der Waals surface area contributed by atoms with Crippen molar-refractivity contribution in [1.29, 1.82) is 0 Å². The highest BCUT2D eigenvalue weighted by atomic mass is 35.5. The Balaban J connectivity index is 1.24. The van der Waals surface area contributed by atoms with Crippen LogP contribution in [0.5, 0.6) is 0 Å². The van der Waals surface area contributed by atoms with E-state index in [4.69, 9.17) is 23.2 Å². The number of piperidine rings is 2. The van der Waals surface area contributed by atoms with Crippen molar-refractivity contribution in [1.82, 2.24) is 9.80 Å². The highest BCUT2D eigenvalue weighted by Gasteiger charge is 2.41. The highest BCUT2D eigenvalue weighted by molar-refractivity contribution is 6.42. The zero-order valence-corrected chi connectivity index (χ0v) is 20.4. The molecule has 0 saturated carbocycles. The number of nitrogens with zero attached hydrogens (tertiary/aromatic N) is 2. The molecule has 0 spiro atoms. The first-order valence-electron chi connectivity index (χ1n) is 11.6. The van der Waals surface area contributed by atoms with E-state index in [2.05, 4.69) is 10.2 Å². The average molecular weight is 510 g/mol. The summed E-state index contributed by atoms with van der Waals surface area (Å²) >= 11 is 11.9. The van der Waals surface area contributed by atoms with Crippen LogP contribution in [0.3, 0.4) is 0 Å². The van der Waals surface area contributed by atoms with Gasteiger partial charge in [-0.2, -0.15) is 0 Å². The fraction of sp³-hybridized carbons (Fsp3) is 0.480. The normalized spacial score (nSPS) is 20.2. The lowest BCUT2D eigenvalue weighted by Gasteiger charge is -2.43. The maximum absolute atomic E-state index is 13.2. The van der Waals surface area contributed by atoms with E-state index in [0.717, 1.165) is 31.5 Å². The quantitative estimate of drug-likeness (QED) is 0.544. The molecule has 1 unspecified atom stereocenters. The molecule has 2 amide bonds. The van der Waals surface area contributed by atoms with Gasteiger partial charge in [-0.05, 0) is 80.6 Å². The van der Waals surface area contributed by atoms with Crippen molar-refractivity contribution in [2.75, 3.05) is 38.0 Å². The number of hydrogen-bond acceptors (Lipinski definition) is 4. The van der Waals surface area contributed by atoms with Crippen molar-refractivity contribution < 1.29 is 19.4 Å². The Bertz CT molecular complexity index is 991. The topological polar surface area (TPSA) is 76.0 Å². The van der Waals surface area contributed by atoms with Crippen molar-refractivity contribution in [3.05, 3.63) is 63.9 Å². The maximum atomic E-state index is 13.2. The smallest absolute Gasteiger partial charge is 0.321 e. The van der Waals surface area contributed by atoms with Gasteiger partial charge in [-0.15, -0.1) is 0 Å². The van der Waals surface area contributed by atoms with Gasteiger partial charge in [-0.1, -0.05) is 35.3 Å². The number of aliphatic hydroxyl groups is 2. The lowest BCUT2D eigenvalue weighted by molar-refractivity contribution is -0.113. The predicted molar refractivity (Wildman–Crippen MR) is 132 cm³/mol. The number of aliphatic hydroxyl groups excluding tert-OH is 1. The van der Waals surface area contributed by atoms with E-state index in [1.165, 1.54) is 12.1 Å². The van der Waals surface area contributed by atoms with E-state index in [-0.39, 0.29) is 11.8 Å². The first-order chi connectivity index (χ1) is 16.2. The number of likely N-dealkylation sites (tertiary alicyclic amines) is 2. The van der Waals surface area contributed by atoms with Crippen LogP contribution >= 0.6 is 23.2 Å². The molecule has 2 fully saturated rings. The van der Waals surface area contributed by atoms with Crippen LogP contribution in [-0.4, -0.2) is 70.5 Å². The Morgan fingerprint density at radius 2 is 1.71 bits per heavy atom. The summed E-state index contributed by atoms with van der Waals surface area (Å²) in [5.74, 6) is 0.157. The van der Waals surface area contributed by atoms with Crippen molar-refractivity contribution in [2.45, 2.75) is 43.3 Å². The number of amides is 2. The lowest BCUT2D eigenvalue weighted by Crippen LogP contribution is -2.56. The molecular formula is C25H30Cl2FN3O3. The van der Waals surface area contributed by atoms with Gasteiger partial charge in [0.25, 0.3) is 0 Å². The molecule has 2 heterocycles. The first kappa shape index (κ1) is 25.2. The van der Waals surface area contributed by atoms with E-state index in [1.54, 1.807) is 23.1 Å². The Morgan fingerprint density at radius 1 is 1.06 bits per heavy atom. The number of halogens is 3. The lowest BCUT2D eigenvalue weighted by atomic mass is 9.84. The average Bonchev–Trinajstić information content (AvgIpc) is 2.83. The molecule has 34 heavy (non-hydrogen) atoms. The molecule has 6 nitrogen and oxygen atoms in total. The zero-order valence-electron chi connectivity index (χ0n) is 18.9. The largest absolute Gasteiger partial charge is 0.389 e. The Hall–Kier alpha value is -1.90. The molecule has 2 aromatic rings. The van der Waals surface area contributed by atoms with Crippen molar-refractivity contribution >= 4 is 34.9 Å².